The molecule has 0 aliphatic carbocycles. The molecule has 110 valence electrons. The Balaban J connectivity index is 2.40. The van der Waals surface area contributed by atoms with E-state index in [2.05, 4.69) is 9.97 Å². The van der Waals surface area contributed by atoms with E-state index >= 15 is 0 Å². The summed E-state index contributed by atoms with van der Waals surface area (Å²) in [5.74, 6) is -0.278. The van der Waals surface area contributed by atoms with Crippen LogP contribution in [0.5, 0.6) is 0 Å². The van der Waals surface area contributed by atoms with Crippen molar-refractivity contribution in [1.82, 2.24) is 9.97 Å². The molecule has 3 N–H and O–H groups in total. The third-order valence-corrected chi connectivity index (χ3v) is 3.13. The number of H-pyrrole nitrogens is 1. The summed E-state index contributed by atoms with van der Waals surface area (Å²) < 4.78 is 4.79. The summed E-state index contributed by atoms with van der Waals surface area (Å²) in [6, 6.07) is 6.93. The lowest BCUT2D eigenvalue weighted by molar-refractivity contribution is -0.142. The van der Waals surface area contributed by atoms with Crippen LogP contribution in [-0.2, 0) is 16.0 Å². The first kappa shape index (κ1) is 15.1. The van der Waals surface area contributed by atoms with E-state index in [1.807, 2.05) is 0 Å². The van der Waals surface area contributed by atoms with Gasteiger partial charge in [-0.05, 0) is 19.1 Å². The Bertz CT molecular complexity index is 728. The van der Waals surface area contributed by atoms with E-state index < -0.39 is 11.5 Å². The molecule has 0 saturated heterocycles. The average molecular weight is 308 g/mol. The van der Waals surface area contributed by atoms with Crippen molar-refractivity contribution >= 4 is 23.4 Å². The highest BCUT2D eigenvalue weighted by Crippen LogP contribution is 2.24. The number of ether oxygens (including phenoxy) is 1. The molecule has 0 aliphatic heterocycles. The number of esters is 1. The van der Waals surface area contributed by atoms with E-state index in [1.165, 1.54) is 0 Å². The quantitative estimate of drug-likeness (QED) is 0.839. The van der Waals surface area contributed by atoms with Gasteiger partial charge in [0.25, 0.3) is 5.56 Å². The van der Waals surface area contributed by atoms with Crippen LogP contribution in [-0.4, -0.2) is 22.5 Å². The highest BCUT2D eigenvalue weighted by atomic mass is 35.5. The van der Waals surface area contributed by atoms with Crippen molar-refractivity contribution in [3.05, 3.63) is 45.2 Å². The van der Waals surface area contributed by atoms with E-state index in [0.29, 0.717) is 10.6 Å². The number of carbonyl (C=O) groups is 1. The Labute approximate surface area is 125 Å². The molecule has 1 aromatic carbocycles. The number of benzene rings is 1. The zero-order valence-electron chi connectivity index (χ0n) is 11.4. The molecule has 0 radical (unpaired) electrons. The molecule has 0 saturated carbocycles. The van der Waals surface area contributed by atoms with Gasteiger partial charge in [0.05, 0.1) is 23.6 Å². The lowest BCUT2D eigenvalue weighted by Crippen LogP contribution is -2.22. The molecule has 0 bridgehead atoms. The van der Waals surface area contributed by atoms with Crippen LogP contribution in [0.2, 0.25) is 5.02 Å². The van der Waals surface area contributed by atoms with Gasteiger partial charge in [-0.25, -0.2) is 4.98 Å². The molecule has 1 aromatic heterocycles. The molecule has 0 unspecified atom stereocenters. The summed E-state index contributed by atoms with van der Waals surface area (Å²) in [5, 5.41) is 0.443. The van der Waals surface area contributed by atoms with Crippen molar-refractivity contribution in [3.63, 3.8) is 0 Å². The highest BCUT2D eigenvalue weighted by Gasteiger charge is 2.15. The van der Waals surface area contributed by atoms with E-state index in [4.69, 9.17) is 22.1 Å². The molecule has 0 spiro atoms. The summed E-state index contributed by atoms with van der Waals surface area (Å²) in [7, 11) is 0. The van der Waals surface area contributed by atoms with Crippen molar-refractivity contribution in [3.8, 4) is 11.4 Å². The average Bonchev–Trinajstić information content (AvgIpc) is 2.43. The third-order valence-electron chi connectivity index (χ3n) is 2.80. The summed E-state index contributed by atoms with van der Waals surface area (Å²) in [4.78, 5) is 30.2. The molecule has 2 rings (SSSR count). The molecule has 0 fully saturated rings. The molecule has 2 aromatic rings. The number of nitrogens with two attached hydrogens (primary N) is 1. The fourth-order valence-electron chi connectivity index (χ4n) is 1.82. The number of carbonyl (C=O) groups excluding carboxylic acids is 1. The normalized spacial score (nSPS) is 10.4. The molecule has 1 heterocycles. The van der Waals surface area contributed by atoms with Gasteiger partial charge in [-0.15, -0.1) is 0 Å². The number of aromatic amines is 1. The first-order valence-corrected chi connectivity index (χ1v) is 6.70. The molecule has 6 nitrogen and oxygen atoms in total. The van der Waals surface area contributed by atoms with Gasteiger partial charge in [-0.3, -0.25) is 9.59 Å². The zero-order valence-corrected chi connectivity index (χ0v) is 12.1. The second kappa shape index (κ2) is 6.41. The van der Waals surface area contributed by atoms with Crippen molar-refractivity contribution in [2.45, 2.75) is 13.3 Å². The Hall–Kier alpha value is -2.34. The Morgan fingerprint density at radius 1 is 1.43 bits per heavy atom. The fraction of sp³-hybridized carbons (Fsp3) is 0.214. The first-order chi connectivity index (χ1) is 10.0. The van der Waals surface area contributed by atoms with Crippen LogP contribution >= 0.6 is 11.6 Å². The lowest BCUT2D eigenvalue weighted by Gasteiger charge is -2.08. The molecule has 7 heteroatoms. The lowest BCUT2D eigenvalue weighted by atomic mass is 10.2. The van der Waals surface area contributed by atoms with E-state index in [9.17, 15) is 9.59 Å². The minimum atomic E-state index is -0.526. The van der Waals surface area contributed by atoms with Crippen LogP contribution in [0.25, 0.3) is 11.4 Å². The Morgan fingerprint density at radius 3 is 2.76 bits per heavy atom. The van der Waals surface area contributed by atoms with Crippen LogP contribution < -0.4 is 11.3 Å². The molecular weight excluding hydrogens is 294 g/mol. The number of rotatable bonds is 4. The van der Waals surface area contributed by atoms with Crippen molar-refractivity contribution in [1.29, 1.82) is 0 Å². The summed E-state index contributed by atoms with van der Waals surface area (Å²) >= 11 is 6.05. The Morgan fingerprint density at radius 2 is 2.14 bits per heavy atom. The molecule has 0 amide bonds. The van der Waals surface area contributed by atoms with Gasteiger partial charge in [-0.1, -0.05) is 23.7 Å². The standard InChI is InChI=1S/C14H14ClN3O3/c1-2-21-11(19)7-9-12(16)17-13(18-14(9)20)8-5-3-4-6-10(8)15/h3-6H,2,7H2,1H3,(H3,16,17,18,20). The monoisotopic (exact) mass is 307 g/mol. The zero-order chi connectivity index (χ0) is 15.4. The summed E-state index contributed by atoms with van der Waals surface area (Å²) in [6.07, 6.45) is -0.217. The van der Waals surface area contributed by atoms with Crippen molar-refractivity contribution < 1.29 is 9.53 Å². The molecule has 0 atom stereocenters. The second-order valence-corrected chi connectivity index (χ2v) is 4.65. The number of nitrogen functional groups attached to an aromatic ring is 1. The van der Waals surface area contributed by atoms with Gasteiger partial charge in [0.15, 0.2) is 0 Å². The van der Waals surface area contributed by atoms with E-state index in [0.717, 1.165) is 0 Å². The smallest absolute Gasteiger partial charge is 0.310 e. The number of halogens is 1. The largest absolute Gasteiger partial charge is 0.466 e. The van der Waals surface area contributed by atoms with Crippen molar-refractivity contribution in [2.75, 3.05) is 12.3 Å². The van der Waals surface area contributed by atoms with Gasteiger partial charge < -0.3 is 15.5 Å². The molecule has 21 heavy (non-hydrogen) atoms. The number of nitrogens with zero attached hydrogens (tertiary/aromatic N) is 1. The third kappa shape index (κ3) is 3.41. The van der Waals surface area contributed by atoms with Crippen LogP contribution in [0.1, 0.15) is 12.5 Å². The van der Waals surface area contributed by atoms with E-state index in [-0.39, 0.29) is 30.2 Å². The predicted octanol–water partition coefficient (Wildman–Crippen LogP) is 1.78. The van der Waals surface area contributed by atoms with Gasteiger partial charge in [0.2, 0.25) is 0 Å². The highest BCUT2D eigenvalue weighted by molar-refractivity contribution is 6.33. The van der Waals surface area contributed by atoms with Crippen molar-refractivity contribution in [2.24, 2.45) is 0 Å². The SMILES string of the molecule is CCOC(=O)Cc1c(N)nc(-c2ccccc2Cl)[nH]c1=O. The predicted molar refractivity (Wildman–Crippen MR) is 80.1 cm³/mol. The van der Waals surface area contributed by atoms with Gasteiger partial charge in [0.1, 0.15) is 11.6 Å². The van der Waals surface area contributed by atoms with Crippen LogP contribution in [0.3, 0.4) is 0 Å². The van der Waals surface area contributed by atoms with Crippen LogP contribution in [0.15, 0.2) is 29.1 Å². The molecule has 0 aliphatic rings. The van der Waals surface area contributed by atoms with Crippen LogP contribution in [0.4, 0.5) is 5.82 Å². The summed E-state index contributed by atoms with van der Waals surface area (Å²) in [5.41, 5.74) is 5.94. The maximum Gasteiger partial charge on any atom is 0.310 e. The fourth-order valence-corrected chi connectivity index (χ4v) is 2.05. The minimum Gasteiger partial charge on any atom is -0.466 e. The topological polar surface area (TPSA) is 98.1 Å². The number of anilines is 1. The Kier molecular flexibility index (Phi) is 4.59. The van der Waals surface area contributed by atoms with E-state index in [1.54, 1.807) is 31.2 Å². The summed E-state index contributed by atoms with van der Waals surface area (Å²) in [6.45, 7) is 1.92. The minimum absolute atomic E-state index is 0.0123. The maximum absolute atomic E-state index is 12.1. The number of aromatic nitrogens is 2. The van der Waals surface area contributed by atoms with Gasteiger partial charge in [-0.2, -0.15) is 0 Å². The van der Waals surface area contributed by atoms with Gasteiger partial charge in [0, 0.05) is 5.56 Å². The number of hydrogen-bond donors (Lipinski definition) is 2. The number of hydrogen-bond acceptors (Lipinski definition) is 5. The number of nitrogens with one attached hydrogen (secondary N) is 1. The molecular formula is C14H14ClN3O3. The maximum atomic E-state index is 12.1. The second-order valence-electron chi connectivity index (χ2n) is 4.24. The first-order valence-electron chi connectivity index (χ1n) is 6.32. The van der Waals surface area contributed by atoms with Gasteiger partial charge >= 0.3 is 5.97 Å². The van der Waals surface area contributed by atoms with Crippen LogP contribution in [0, 0.1) is 0 Å².